The third kappa shape index (κ3) is 7.61. The lowest BCUT2D eigenvalue weighted by atomic mass is 9.89. The van der Waals surface area contributed by atoms with Gasteiger partial charge < -0.3 is 35.6 Å². The fourth-order valence-corrected chi connectivity index (χ4v) is 9.89. The monoisotopic (exact) mass is 819 g/mol. The number of likely N-dealkylation sites (tertiary alicyclic amines) is 1. The summed E-state index contributed by atoms with van der Waals surface area (Å²) in [7, 11) is 1.83. The van der Waals surface area contributed by atoms with Gasteiger partial charge in [0.2, 0.25) is 11.8 Å². The van der Waals surface area contributed by atoms with Gasteiger partial charge in [-0.2, -0.15) is 0 Å². The second-order valence-electron chi connectivity index (χ2n) is 17.0. The van der Waals surface area contributed by atoms with E-state index in [1.54, 1.807) is 23.2 Å². The van der Waals surface area contributed by atoms with Crippen molar-refractivity contribution in [3.05, 3.63) is 71.0 Å². The average Bonchev–Trinajstić information content (AvgIpc) is 3.93. The highest BCUT2D eigenvalue weighted by Gasteiger charge is 2.45. The summed E-state index contributed by atoms with van der Waals surface area (Å²) < 4.78 is 0. The number of anilines is 4. The van der Waals surface area contributed by atoms with Gasteiger partial charge in [-0.3, -0.25) is 34.2 Å². The van der Waals surface area contributed by atoms with Crippen molar-refractivity contribution < 1.29 is 30.2 Å². The number of aromatic nitrogens is 2. The van der Waals surface area contributed by atoms with Gasteiger partial charge in [-0.05, 0) is 99.3 Å². The first-order chi connectivity index (χ1) is 29.0. The van der Waals surface area contributed by atoms with Crippen LogP contribution in [-0.2, 0) is 9.59 Å². The lowest BCUT2D eigenvalue weighted by Gasteiger charge is -2.37. The Morgan fingerprint density at radius 1 is 0.867 bits per heavy atom. The normalized spacial score (nSPS) is 24.1. The predicted molar refractivity (Wildman–Crippen MR) is 224 cm³/mol. The Labute approximate surface area is 349 Å². The number of nitrogens with one attached hydrogen (secondary N) is 2. The van der Waals surface area contributed by atoms with Crippen LogP contribution in [0.15, 0.2) is 48.7 Å². The van der Waals surface area contributed by atoms with Crippen LogP contribution >= 0.6 is 0 Å². The van der Waals surface area contributed by atoms with Crippen molar-refractivity contribution in [2.45, 2.75) is 62.9 Å². The Morgan fingerprint density at radius 2 is 1.65 bits per heavy atom. The molecular weight excluding hydrogens is 767 g/mol. The fraction of sp³-hybridized carbons (Fsp3) is 0.488. The van der Waals surface area contributed by atoms with Crippen molar-refractivity contribution >= 4 is 58.6 Å². The molecule has 17 nitrogen and oxygen atoms in total. The number of carbonyl (C=O) groups excluding carboxylic acids is 6. The smallest absolute Gasteiger partial charge is 0.320 e. The van der Waals surface area contributed by atoms with E-state index < -0.39 is 35.6 Å². The molecule has 60 heavy (non-hydrogen) atoms. The van der Waals surface area contributed by atoms with Crippen molar-refractivity contribution in [3.63, 3.8) is 0 Å². The molecule has 0 saturated carbocycles. The van der Waals surface area contributed by atoms with Crippen molar-refractivity contribution in [3.8, 4) is 0 Å². The first-order valence-electron chi connectivity index (χ1n) is 21.1. The highest BCUT2D eigenvalue weighted by molar-refractivity contribution is 6.23. The van der Waals surface area contributed by atoms with Crippen LogP contribution < -0.4 is 26.2 Å². The molecule has 4 N–H and O–H groups in total. The van der Waals surface area contributed by atoms with Crippen molar-refractivity contribution in [1.29, 1.82) is 0 Å². The molecule has 0 spiro atoms. The van der Waals surface area contributed by atoms with Gasteiger partial charge in [-0.15, -0.1) is 0 Å². The number of imide groups is 2. The number of fused-ring (bicyclic) bond motifs is 1. The number of hydrogen-bond acceptors (Lipinski definition) is 12. The van der Waals surface area contributed by atoms with E-state index in [1.165, 1.54) is 5.56 Å². The lowest BCUT2D eigenvalue weighted by molar-refractivity contribution is -0.136. The average molecular weight is 820 g/mol. The molecule has 1 aromatic heterocycles. The number of piperidine rings is 3. The van der Waals surface area contributed by atoms with Gasteiger partial charge in [0.05, 0.1) is 23.4 Å². The Bertz CT molecular complexity index is 2230. The van der Waals surface area contributed by atoms with E-state index in [2.05, 4.69) is 42.5 Å². The van der Waals surface area contributed by atoms with E-state index in [4.69, 9.17) is 10.7 Å². The van der Waals surface area contributed by atoms with Gasteiger partial charge in [0.15, 0.2) is 11.5 Å². The van der Waals surface area contributed by atoms with Crippen LogP contribution in [0.1, 0.15) is 89.1 Å². The molecule has 9 rings (SSSR count). The second-order valence-corrected chi connectivity index (χ2v) is 17.0. The summed E-state index contributed by atoms with van der Waals surface area (Å²) in [5.74, 6) is -0.795. The predicted octanol–water partition coefficient (Wildman–Crippen LogP) is 3.01. The zero-order chi connectivity index (χ0) is 41.7. The zero-order valence-corrected chi connectivity index (χ0v) is 33.8. The first-order valence-corrected chi connectivity index (χ1v) is 21.1. The largest absolute Gasteiger partial charge is 0.371 e. The number of hydrogen-bond donors (Lipinski definition) is 3. The number of carbonyl (C=O) groups is 6. The molecule has 1 unspecified atom stereocenters. The molecule has 316 valence electrons. The maximum absolute atomic E-state index is 13.4. The highest BCUT2D eigenvalue weighted by atomic mass is 16.2. The zero-order valence-electron chi connectivity index (χ0n) is 33.8. The van der Waals surface area contributed by atoms with Gasteiger partial charge in [0.25, 0.3) is 17.7 Å². The lowest BCUT2D eigenvalue weighted by Crippen LogP contribution is -2.54. The SMILES string of the molecule is CN1CCN([C@@H]2CCCN(c3cnc(C(N)=O)c(Nc4ccc(C5CCN(C[C@H]6CCN(c7ccc8c(c7)C(=O)N(C7CCC(=O)NC7=O)C8=O)C6)CC5)cc4)n3)C2)C1=O.[HH]. The molecular formula is C43H53N11O6. The van der Waals surface area contributed by atoms with E-state index in [0.29, 0.717) is 41.1 Å². The Morgan fingerprint density at radius 3 is 2.38 bits per heavy atom. The molecule has 0 bridgehead atoms. The van der Waals surface area contributed by atoms with Gasteiger partial charge in [0, 0.05) is 72.1 Å². The molecule has 6 aliphatic rings. The molecule has 3 atom stereocenters. The maximum Gasteiger partial charge on any atom is 0.320 e. The Kier molecular flexibility index (Phi) is 10.6. The van der Waals surface area contributed by atoms with Crippen LogP contribution in [0.2, 0.25) is 0 Å². The number of rotatable bonds is 10. The second kappa shape index (κ2) is 16.2. The van der Waals surface area contributed by atoms with Crippen molar-refractivity contribution in [1.82, 2.24) is 34.9 Å². The number of urea groups is 1. The molecule has 0 aliphatic carbocycles. The summed E-state index contributed by atoms with van der Waals surface area (Å²) >= 11 is 0. The molecule has 17 heteroatoms. The van der Waals surface area contributed by atoms with Crippen LogP contribution in [-0.4, -0.2) is 143 Å². The molecule has 7 amide bonds. The highest BCUT2D eigenvalue weighted by Crippen LogP contribution is 2.35. The molecule has 0 radical (unpaired) electrons. The Balaban J connectivity index is 0.00000514. The van der Waals surface area contributed by atoms with Crippen LogP contribution in [0.4, 0.5) is 27.8 Å². The molecule has 7 heterocycles. The van der Waals surface area contributed by atoms with Crippen LogP contribution in [0.25, 0.3) is 0 Å². The van der Waals surface area contributed by atoms with Crippen molar-refractivity contribution in [2.24, 2.45) is 11.7 Å². The minimum Gasteiger partial charge on any atom is -0.371 e. The van der Waals surface area contributed by atoms with Crippen LogP contribution in [0.5, 0.6) is 0 Å². The summed E-state index contributed by atoms with van der Waals surface area (Å²) in [5.41, 5.74) is 9.33. The summed E-state index contributed by atoms with van der Waals surface area (Å²) in [4.78, 5) is 96.6. The maximum atomic E-state index is 13.4. The fourth-order valence-electron chi connectivity index (χ4n) is 9.89. The standard InChI is InChI=1S/C43H51N11O6.H2/c1-49-19-20-53(43(49)60)31-3-2-15-52(25-31)35-22-45-37(38(44)56)39(47-35)46-29-6-4-27(5-7-29)28-13-16-50(17-14-28)23-26-12-18-51(24-26)30-8-9-32-33(21-30)42(59)54(41(32)58)34-10-11-36(55)48-40(34)57;/h4-9,21-22,26,28,31,34H,2-3,10-20,23-25H2,1H3,(H2,44,56)(H,46,47)(H,48,55,57);1H/t26-,31-,34?;/m1./s1. The third-order valence-electron chi connectivity index (χ3n) is 13.2. The minimum absolute atomic E-state index is 0. The molecule has 6 aliphatic heterocycles. The minimum atomic E-state index is -0.977. The van der Waals surface area contributed by atoms with Crippen LogP contribution in [0, 0.1) is 5.92 Å². The quantitative estimate of drug-likeness (QED) is 0.253. The third-order valence-corrected chi connectivity index (χ3v) is 13.2. The molecule has 5 fully saturated rings. The van der Waals surface area contributed by atoms with E-state index >= 15 is 0 Å². The van der Waals surface area contributed by atoms with Gasteiger partial charge >= 0.3 is 6.03 Å². The first kappa shape index (κ1) is 39.4. The van der Waals surface area contributed by atoms with Crippen molar-refractivity contribution in [2.75, 3.05) is 81.1 Å². The van der Waals surface area contributed by atoms with E-state index in [-0.39, 0.29) is 32.0 Å². The summed E-state index contributed by atoms with van der Waals surface area (Å²) in [6.07, 6.45) is 6.78. The number of benzene rings is 2. The Hall–Kier alpha value is -6.10. The molecule has 2 aromatic carbocycles. The van der Waals surface area contributed by atoms with Gasteiger partial charge in [-0.25, -0.2) is 14.8 Å². The molecule has 5 saturated heterocycles. The number of nitrogens with zero attached hydrogens (tertiary/aromatic N) is 8. The number of likely N-dealkylation sites (N-methyl/N-ethyl adjacent to an activating group) is 1. The van der Waals surface area contributed by atoms with Crippen LogP contribution in [0.3, 0.4) is 0 Å². The van der Waals surface area contributed by atoms with E-state index in [0.717, 1.165) is 101 Å². The van der Waals surface area contributed by atoms with Gasteiger partial charge in [0.1, 0.15) is 11.9 Å². The van der Waals surface area contributed by atoms with Gasteiger partial charge in [-0.1, -0.05) is 12.1 Å². The topological polar surface area (TPSA) is 198 Å². The molecule has 3 aromatic rings. The van der Waals surface area contributed by atoms with E-state index in [1.807, 2.05) is 30.1 Å². The number of primary amides is 1. The number of nitrogens with two attached hydrogens (primary N) is 1. The summed E-state index contributed by atoms with van der Waals surface area (Å²) in [6.45, 7) is 7.57. The summed E-state index contributed by atoms with van der Waals surface area (Å²) in [5, 5.41) is 5.54. The summed E-state index contributed by atoms with van der Waals surface area (Å²) in [6, 6.07) is 12.8. The van der Waals surface area contributed by atoms with E-state index in [9.17, 15) is 28.8 Å². The number of amides is 7.